The number of aliphatic hydroxyl groups is 1. The summed E-state index contributed by atoms with van der Waals surface area (Å²) >= 11 is 0. The number of aliphatic hydroxyl groups excluding tert-OH is 1. The number of unbranched alkanes of at least 4 members (excludes halogenated alkanes) is 2. The van der Waals surface area contributed by atoms with E-state index in [1.54, 1.807) is 54.9 Å². The molecule has 10 atom stereocenters. The molecule has 6 rings (SSSR count). The number of hydrogen-bond acceptors (Lipinski definition) is 15. The van der Waals surface area contributed by atoms with Gasteiger partial charge in [-0.3, -0.25) is 47.9 Å². The lowest BCUT2D eigenvalue weighted by atomic mass is 9.99. The van der Waals surface area contributed by atoms with Crippen molar-refractivity contribution < 1.29 is 63.0 Å². The number of aromatic nitrogens is 2. The summed E-state index contributed by atoms with van der Waals surface area (Å²) in [5.41, 5.74) is 21.9. The van der Waals surface area contributed by atoms with Gasteiger partial charge < -0.3 is 90.5 Å². The Balaban J connectivity index is 1.22. The maximum atomic E-state index is 15.0. The first kappa shape index (κ1) is 79.0. The minimum atomic E-state index is -1.62. The third-order valence-electron chi connectivity index (χ3n) is 16.8. The van der Waals surface area contributed by atoms with Gasteiger partial charge in [0, 0.05) is 53.5 Å². The van der Waals surface area contributed by atoms with Crippen LogP contribution >= 0.6 is 0 Å². The molecule has 2 aromatic heterocycles. The molecule has 0 radical (unpaired) electrons. The SMILES string of the molecule is CC(C)C[C@H](NC(=O)[C@H](Cc1c[nH]c2ccccc12)NC(=O)CNC(=O)[C@H](CC(C)C)NC(=O)[C@@H](N)Cc1ccccc1)C(=O)N[C@@H](Cc1ccccc1)C(=O)N[C@@H](CCCCN)C(=O)N[C@@H](Cc1c[nH]c2ccccc12)C(=O)N[C@@H](C)C(=O)N[C@@H](CO)C(=O)N[C@@H](CCCCN)C(=O)O. The van der Waals surface area contributed by atoms with Crippen LogP contribution in [0.4, 0.5) is 0 Å². The number of hydrogen-bond donors (Lipinski definition) is 17. The van der Waals surface area contributed by atoms with Gasteiger partial charge in [0.25, 0.3) is 0 Å². The number of rotatable bonds is 42. The summed E-state index contributed by atoms with van der Waals surface area (Å²) in [4.78, 5) is 160. The smallest absolute Gasteiger partial charge is 0.326 e. The summed E-state index contributed by atoms with van der Waals surface area (Å²) in [6, 6.07) is 19.2. The molecule has 6 aromatic rings. The van der Waals surface area contributed by atoms with E-state index in [1.807, 2.05) is 94.4 Å². The first-order valence-corrected chi connectivity index (χ1v) is 34.0. The van der Waals surface area contributed by atoms with E-state index >= 15 is 0 Å². The van der Waals surface area contributed by atoms with Gasteiger partial charge >= 0.3 is 5.97 Å². The van der Waals surface area contributed by atoms with Gasteiger partial charge in [-0.2, -0.15) is 0 Å². The van der Waals surface area contributed by atoms with E-state index in [4.69, 9.17) is 17.2 Å². The van der Waals surface area contributed by atoms with Crippen LogP contribution in [0.5, 0.6) is 0 Å². The third kappa shape index (κ3) is 25.1. The molecule has 0 aliphatic carbocycles. The van der Waals surface area contributed by atoms with Crippen LogP contribution in [0.1, 0.15) is 108 Å². The zero-order valence-electron chi connectivity index (χ0n) is 57.4. The van der Waals surface area contributed by atoms with Crippen molar-refractivity contribution in [2.45, 2.75) is 172 Å². The van der Waals surface area contributed by atoms with Crippen LogP contribution in [0.15, 0.2) is 122 Å². The highest BCUT2D eigenvalue weighted by atomic mass is 16.4. The van der Waals surface area contributed by atoms with Crippen molar-refractivity contribution >= 4 is 86.8 Å². The Labute approximate surface area is 581 Å². The molecule has 0 unspecified atom stereocenters. The number of para-hydroxylation sites is 2. The Morgan fingerprint density at radius 1 is 0.410 bits per heavy atom. The Bertz CT molecular complexity index is 3700. The molecule has 0 saturated carbocycles. The first-order chi connectivity index (χ1) is 47.9. The molecule has 100 heavy (non-hydrogen) atoms. The van der Waals surface area contributed by atoms with E-state index in [-0.39, 0.29) is 69.7 Å². The second kappa shape index (κ2) is 40.1. The number of aliphatic carboxylic acids is 1. The van der Waals surface area contributed by atoms with Crippen LogP contribution in [-0.2, 0) is 78.4 Å². The quantitative estimate of drug-likeness (QED) is 0.0239. The molecule has 0 spiro atoms. The van der Waals surface area contributed by atoms with Gasteiger partial charge in [-0.05, 0) is 124 Å². The fourth-order valence-electron chi connectivity index (χ4n) is 11.4. The molecule has 0 aliphatic rings. The predicted octanol–water partition coefficient (Wildman–Crippen LogP) is 1.17. The second-order valence-electron chi connectivity index (χ2n) is 26.0. The predicted molar refractivity (Wildman–Crippen MR) is 378 cm³/mol. The zero-order valence-corrected chi connectivity index (χ0v) is 57.4. The molecule has 20 N–H and O–H groups in total. The molecule has 0 aliphatic heterocycles. The van der Waals surface area contributed by atoms with Gasteiger partial charge in [0.1, 0.15) is 54.4 Å². The lowest BCUT2D eigenvalue weighted by molar-refractivity contribution is -0.142. The second-order valence-corrected chi connectivity index (χ2v) is 26.0. The van der Waals surface area contributed by atoms with Crippen molar-refractivity contribution in [3.05, 3.63) is 144 Å². The molecule has 10 amide bonds. The summed E-state index contributed by atoms with van der Waals surface area (Å²) in [6.07, 6.45) is 5.16. The highest BCUT2D eigenvalue weighted by molar-refractivity contribution is 5.99. The van der Waals surface area contributed by atoms with Crippen molar-refractivity contribution in [3.8, 4) is 0 Å². The zero-order chi connectivity index (χ0) is 72.8. The van der Waals surface area contributed by atoms with Crippen LogP contribution in [-0.4, -0.2) is 172 Å². The summed E-state index contributed by atoms with van der Waals surface area (Å²) in [5.74, 6) is -9.57. The number of H-pyrrole nitrogens is 2. The molecule has 28 nitrogen and oxygen atoms in total. The number of amides is 10. The van der Waals surface area contributed by atoms with Crippen molar-refractivity contribution in [1.82, 2.24) is 63.1 Å². The Hall–Kier alpha value is -10.0. The monoisotopic (exact) mass is 1380 g/mol. The van der Waals surface area contributed by atoms with E-state index in [0.717, 1.165) is 16.5 Å². The minimum absolute atomic E-state index is 0.000383. The molecule has 4 aromatic carbocycles. The van der Waals surface area contributed by atoms with Gasteiger partial charge in [-0.15, -0.1) is 0 Å². The molecule has 28 heteroatoms. The van der Waals surface area contributed by atoms with Gasteiger partial charge in [0.2, 0.25) is 59.1 Å². The third-order valence-corrected chi connectivity index (χ3v) is 16.8. The summed E-state index contributed by atoms with van der Waals surface area (Å²) in [6.45, 7) is 7.71. The lowest BCUT2D eigenvalue weighted by Crippen LogP contribution is -2.61. The Morgan fingerprint density at radius 2 is 0.800 bits per heavy atom. The van der Waals surface area contributed by atoms with E-state index in [1.165, 1.54) is 6.92 Å². The van der Waals surface area contributed by atoms with Crippen LogP contribution in [0.25, 0.3) is 21.8 Å². The van der Waals surface area contributed by atoms with Crippen LogP contribution < -0.4 is 70.4 Å². The van der Waals surface area contributed by atoms with E-state index in [2.05, 4.69) is 63.1 Å². The van der Waals surface area contributed by atoms with Crippen molar-refractivity contribution in [2.24, 2.45) is 29.0 Å². The van der Waals surface area contributed by atoms with Crippen LogP contribution in [0, 0.1) is 11.8 Å². The standard InChI is InChI=1S/C72H99N15O13/c1-42(2)32-56(83-64(91)51(75)34-45-20-8-6-9-21-45)65(92)78-40-62(89)80-59(36-47-38-76-52-26-14-12-24-49(47)52)70(97)84-57(33-43(3)4)68(95)85-58(35-46-22-10-7-11-23-46)69(96)81-54(28-16-18-30-73)66(93)86-60(37-48-39-77-53-27-15-13-25-50(48)53)67(94)79-44(5)63(90)87-61(41-88)71(98)82-55(72(99)100)29-17-19-31-74/h6-15,20-27,38-39,42-44,51,54-61,76-77,88H,16-19,28-37,40-41,73-75H2,1-5H3,(H,78,92)(H,79,94)(H,80,89)(H,81,96)(H,82,98)(H,83,91)(H,84,97)(H,85,95)(H,86,93)(H,87,90)(H,99,100)/t44-,51-,54-,55-,56-,57-,58-,59-,60-,61-/m0/s1. The maximum absolute atomic E-state index is 15.0. The highest BCUT2D eigenvalue weighted by Gasteiger charge is 2.36. The van der Waals surface area contributed by atoms with Crippen LogP contribution in [0.2, 0.25) is 0 Å². The van der Waals surface area contributed by atoms with Crippen molar-refractivity contribution in [3.63, 3.8) is 0 Å². The number of fused-ring (bicyclic) bond motifs is 2. The Kier molecular flexibility index (Phi) is 31.7. The Morgan fingerprint density at radius 3 is 1.31 bits per heavy atom. The van der Waals surface area contributed by atoms with Gasteiger partial charge in [-0.25, -0.2) is 4.79 Å². The number of nitrogens with two attached hydrogens (primary N) is 3. The fourth-order valence-corrected chi connectivity index (χ4v) is 11.4. The van der Waals surface area contributed by atoms with Crippen LogP contribution in [0.3, 0.4) is 0 Å². The molecule has 0 bridgehead atoms. The molecule has 540 valence electrons. The number of carbonyl (C=O) groups is 11. The average Bonchev–Trinajstić information content (AvgIpc) is 1.66. The summed E-state index contributed by atoms with van der Waals surface area (Å²) in [5, 5.41) is 48.0. The summed E-state index contributed by atoms with van der Waals surface area (Å²) in [7, 11) is 0. The normalized spacial score (nSPS) is 14.3. The molecular formula is C72H99N15O13. The summed E-state index contributed by atoms with van der Waals surface area (Å²) < 4.78 is 0. The van der Waals surface area contributed by atoms with Crippen molar-refractivity contribution in [1.29, 1.82) is 0 Å². The molecule has 0 saturated heterocycles. The van der Waals surface area contributed by atoms with Gasteiger partial charge in [0.15, 0.2) is 0 Å². The number of carboxylic acids is 1. The molecule has 2 heterocycles. The van der Waals surface area contributed by atoms with E-state index in [0.29, 0.717) is 59.8 Å². The molecular weight excluding hydrogens is 1280 g/mol. The number of benzene rings is 4. The van der Waals surface area contributed by atoms with Gasteiger partial charge in [0.05, 0.1) is 19.2 Å². The number of nitrogens with one attached hydrogen (secondary N) is 12. The number of carbonyl (C=O) groups excluding carboxylic acids is 10. The van der Waals surface area contributed by atoms with Crippen molar-refractivity contribution in [2.75, 3.05) is 26.2 Å². The first-order valence-electron chi connectivity index (χ1n) is 34.0. The lowest BCUT2D eigenvalue weighted by Gasteiger charge is -2.28. The topological polar surface area (TPSA) is 458 Å². The highest BCUT2D eigenvalue weighted by Crippen LogP contribution is 2.22. The minimum Gasteiger partial charge on any atom is -0.480 e. The van der Waals surface area contributed by atoms with Gasteiger partial charge in [-0.1, -0.05) is 125 Å². The maximum Gasteiger partial charge on any atom is 0.326 e. The number of aromatic amines is 2. The average molecular weight is 1380 g/mol. The fraction of sp³-hybridized carbons (Fsp3) is 0.458. The van der Waals surface area contributed by atoms with E-state index < -0.39 is 139 Å². The van der Waals surface area contributed by atoms with E-state index in [9.17, 15) is 63.0 Å². The number of carboxylic acid groups (broad SMARTS) is 1. The molecule has 0 fully saturated rings. The largest absolute Gasteiger partial charge is 0.480 e.